The van der Waals surface area contributed by atoms with Gasteiger partial charge in [-0.15, -0.1) is 0 Å². The minimum atomic E-state index is -3.85. The summed E-state index contributed by atoms with van der Waals surface area (Å²) in [6.45, 7) is 0.432. The number of anilines is 1. The van der Waals surface area contributed by atoms with Crippen molar-refractivity contribution < 1.29 is 32.2 Å². The van der Waals surface area contributed by atoms with Crippen LogP contribution in [0.25, 0.3) is 0 Å². The van der Waals surface area contributed by atoms with Crippen LogP contribution in [0.2, 0.25) is 0 Å². The molecule has 2 aromatic carbocycles. The average Bonchev–Trinajstić information content (AvgIpc) is 2.75. The summed E-state index contributed by atoms with van der Waals surface area (Å²) in [7, 11) is 1.81. The molecular formula is C19H24N2O7S. The van der Waals surface area contributed by atoms with Crippen molar-refractivity contribution in [3.05, 3.63) is 42.0 Å². The van der Waals surface area contributed by atoms with Crippen molar-refractivity contribution in [2.24, 2.45) is 0 Å². The van der Waals surface area contributed by atoms with Gasteiger partial charge in [0.05, 0.1) is 34.0 Å². The molecule has 0 fully saturated rings. The predicted molar refractivity (Wildman–Crippen MR) is 108 cm³/mol. The number of ether oxygens (including phenoxy) is 4. The molecule has 0 aliphatic carbocycles. The highest BCUT2D eigenvalue weighted by molar-refractivity contribution is 7.89. The van der Waals surface area contributed by atoms with Gasteiger partial charge in [-0.05, 0) is 18.2 Å². The summed E-state index contributed by atoms with van der Waals surface area (Å²) in [6.07, 6.45) is 0. The molecule has 0 unspecified atom stereocenters. The topological polar surface area (TPSA) is 112 Å². The van der Waals surface area contributed by atoms with Crippen LogP contribution in [0.5, 0.6) is 17.2 Å². The van der Waals surface area contributed by atoms with E-state index in [4.69, 9.17) is 14.2 Å². The Morgan fingerprint density at radius 3 is 2.10 bits per heavy atom. The standard InChI is InChI=1S/C19H24N2O7S/c1-25-15-10-14(11-16(12-15)26-2)20-7-8-21-29(23,24)18-6-5-13(19(22)28-4)9-17(18)27-3/h5-6,9-12,20-21H,7-8H2,1-4H3. The maximum atomic E-state index is 12.6. The van der Waals surface area contributed by atoms with Gasteiger partial charge in [0, 0.05) is 37.0 Å². The maximum absolute atomic E-state index is 12.6. The lowest BCUT2D eigenvalue weighted by Gasteiger charge is -2.13. The number of sulfonamides is 1. The summed E-state index contributed by atoms with van der Waals surface area (Å²) < 4.78 is 47.8. The molecule has 9 nitrogen and oxygen atoms in total. The molecule has 0 radical (unpaired) electrons. The van der Waals surface area contributed by atoms with E-state index in [2.05, 4.69) is 14.8 Å². The number of hydrogen-bond donors (Lipinski definition) is 2. The second kappa shape index (κ2) is 9.99. The van der Waals surface area contributed by atoms with Gasteiger partial charge in [-0.3, -0.25) is 0 Å². The number of benzene rings is 2. The van der Waals surface area contributed by atoms with E-state index in [1.807, 2.05) is 0 Å². The fraction of sp³-hybridized carbons (Fsp3) is 0.316. The number of esters is 1. The van der Waals surface area contributed by atoms with Gasteiger partial charge in [-0.25, -0.2) is 17.9 Å². The van der Waals surface area contributed by atoms with Crippen molar-refractivity contribution in [2.45, 2.75) is 4.90 Å². The summed E-state index contributed by atoms with van der Waals surface area (Å²) >= 11 is 0. The Hall–Kier alpha value is -2.98. The lowest BCUT2D eigenvalue weighted by molar-refractivity contribution is 0.0600. The molecule has 29 heavy (non-hydrogen) atoms. The molecule has 158 valence electrons. The zero-order valence-corrected chi connectivity index (χ0v) is 17.5. The second-order valence-corrected chi connectivity index (χ2v) is 7.52. The van der Waals surface area contributed by atoms with E-state index in [1.54, 1.807) is 32.4 Å². The van der Waals surface area contributed by atoms with E-state index in [0.29, 0.717) is 18.0 Å². The highest BCUT2D eigenvalue weighted by atomic mass is 32.2. The highest BCUT2D eigenvalue weighted by Crippen LogP contribution is 2.26. The number of methoxy groups -OCH3 is 4. The van der Waals surface area contributed by atoms with Crippen LogP contribution in [0.4, 0.5) is 5.69 Å². The molecule has 2 N–H and O–H groups in total. The van der Waals surface area contributed by atoms with Crippen LogP contribution in [0.3, 0.4) is 0 Å². The quantitative estimate of drug-likeness (QED) is 0.439. The largest absolute Gasteiger partial charge is 0.497 e. The summed E-state index contributed by atoms with van der Waals surface area (Å²) in [5.74, 6) is 0.690. The number of nitrogens with one attached hydrogen (secondary N) is 2. The van der Waals surface area contributed by atoms with E-state index in [0.717, 1.165) is 5.69 Å². The molecular weight excluding hydrogens is 400 g/mol. The van der Waals surface area contributed by atoms with Gasteiger partial charge in [0.15, 0.2) is 0 Å². The zero-order chi connectivity index (χ0) is 21.4. The van der Waals surface area contributed by atoms with Gasteiger partial charge in [0.1, 0.15) is 22.1 Å². The Bertz CT molecular complexity index is 939. The lowest BCUT2D eigenvalue weighted by Crippen LogP contribution is -2.29. The number of hydrogen-bond acceptors (Lipinski definition) is 8. The molecule has 0 aliphatic heterocycles. The third-order valence-electron chi connectivity index (χ3n) is 3.97. The minimum absolute atomic E-state index is 0.0471. The lowest BCUT2D eigenvalue weighted by atomic mass is 10.2. The SMILES string of the molecule is COC(=O)c1ccc(S(=O)(=O)NCCNc2cc(OC)cc(OC)c2)c(OC)c1. The Labute approximate surface area is 170 Å². The molecule has 2 aromatic rings. The predicted octanol–water partition coefficient (Wildman–Crippen LogP) is 1.89. The van der Waals surface area contributed by atoms with Gasteiger partial charge in [-0.1, -0.05) is 0 Å². The van der Waals surface area contributed by atoms with Crippen molar-refractivity contribution in [1.82, 2.24) is 4.72 Å². The van der Waals surface area contributed by atoms with Gasteiger partial charge in [0.25, 0.3) is 0 Å². The molecule has 0 amide bonds. The normalized spacial score (nSPS) is 10.9. The molecule has 0 saturated heterocycles. The first kappa shape index (κ1) is 22.3. The van der Waals surface area contributed by atoms with E-state index >= 15 is 0 Å². The van der Waals surface area contributed by atoms with E-state index in [1.165, 1.54) is 32.4 Å². The van der Waals surface area contributed by atoms with Crippen molar-refractivity contribution in [3.8, 4) is 17.2 Å². The molecule has 10 heteroatoms. The highest BCUT2D eigenvalue weighted by Gasteiger charge is 2.21. The maximum Gasteiger partial charge on any atom is 0.337 e. The molecule has 0 heterocycles. The molecule has 0 atom stereocenters. The van der Waals surface area contributed by atoms with Crippen molar-refractivity contribution in [1.29, 1.82) is 0 Å². The fourth-order valence-corrected chi connectivity index (χ4v) is 3.69. The van der Waals surface area contributed by atoms with Crippen LogP contribution in [-0.2, 0) is 14.8 Å². The molecule has 0 saturated carbocycles. The number of carbonyl (C=O) groups is 1. The first-order valence-electron chi connectivity index (χ1n) is 8.57. The first-order chi connectivity index (χ1) is 13.8. The molecule has 0 bridgehead atoms. The average molecular weight is 424 g/mol. The Balaban J connectivity index is 2.04. The summed E-state index contributed by atoms with van der Waals surface area (Å²) in [4.78, 5) is 11.5. The fourth-order valence-electron chi connectivity index (χ4n) is 2.51. The number of rotatable bonds is 10. The summed E-state index contributed by atoms with van der Waals surface area (Å²) in [6, 6.07) is 9.26. The van der Waals surface area contributed by atoms with E-state index < -0.39 is 16.0 Å². The first-order valence-corrected chi connectivity index (χ1v) is 10.1. The number of carbonyl (C=O) groups excluding carboxylic acids is 1. The Kier molecular flexibility index (Phi) is 7.68. The molecule has 0 aromatic heterocycles. The monoisotopic (exact) mass is 424 g/mol. The van der Waals surface area contributed by atoms with Crippen LogP contribution in [0.15, 0.2) is 41.3 Å². The van der Waals surface area contributed by atoms with Crippen molar-refractivity contribution in [3.63, 3.8) is 0 Å². The smallest absolute Gasteiger partial charge is 0.337 e. The zero-order valence-electron chi connectivity index (χ0n) is 16.6. The van der Waals surface area contributed by atoms with Crippen LogP contribution in [0.1, 0.15) is 10.4 Å². The molecule has 0 aliphatic rings. The van der Waals surface area contributed by atoms with E-state index in [9.17, 15) is 13.2 Å². The van der Waals surface area contributed by atoms with Crippen molar-refractivity contribution >= 4 is 21.7 Å². The minimum Gasteiger partial charge on any atom is -0.497 e. The summed E-state index contributed by atoms with van der Waals surface area (Å²) in [5.41, 5.74) is 0.914. The van der Waals surface area contributed by atoms with Gasteiger partial charge in [0.2, 0.25) is 10.0 Å². The van der Waals surface area contributed by atoms with Crippen molar-refractivity contribution in [2.75, 3.05) is 46.8 Å². The van der Waals surface area contributed by atoms with Gasteiger partial charge in [-0.2, -0.15) is 0 Å². The Morgan fingerprint density at radius 2 is 1.55 bits per heavy atom. The Morgan fingerprint density at radius 1 is 0.897 bits per heavy atom. The van der Waals surface area contributed by atoms with Crippen LogP contribution in [0, 0.1) is 0 Å². The van der Waals surface area contributed by atoms with E-state index in [-0.39, 0.29) is 22.8 Å². The summed E-state index contributed by atoms with van der Waals surface area (Å²) in [5, 5.41) is 3.10. The van der Waals surface area contributed by atoms with Crippen LogP contribution < -0.4 is 24.2 Å². The molecule has 0 spiro atoms. The third-order valence-corrected chi connectivity index (χ3v) is 5.47. The van der Waals surface area contributed by atoms with Gasteiger partial charge < -0.3 is 24.3 Å². The van der Waals surface area contributed by atoms with Gasteiger partial charge >= 0.3 is 5.97 Å². The van der Waals surface area contributed by atoms with Crippen LogP contribution >= 0.6 is 0 Å². The second-order valence-electron chi connectivity index (χ2n) is 5.78. The third kappa shape index (κ3) is 5.75. The van der Waals surface area contributed by atoms with Crippen LogP contribution in [-0.4, -0.2) is 55.9 Å². The molecule has 2 rings (SSSR count).